The van der Waals surface area contributed by atoms with Gasteiger partial charge >= 0.3 is 0 Å². The minimum atomic E-state index is 0. The van der Waals surface area contributed by atoms with Gasteiger partial charge in [0.05, 0.1) is 0 Å². The van der Waals surface area contributed by atoms with Crippen LogP contribution in [0.2, 0.25) is 0 Å². The minimum Gasteiger partial charge on any atom is -0.356 e. The molecule has 0 amide bonds. The van der Waals surface area contributed by atoms with Gasteiger partial charge in [0.15, 0.2) is 5.96 Å². The van der Waals surface area contributed by atoms with Crippen molar-refractivity contribution in [2.75, 3.05) is 19.8 Å². The van der Waals surface area contributed by atoms with E-state index >= 15 is 0 Å². The monoisotopic (exact) mass is 357 g/mol. The first kappa shape index (κ1) is 16.4. The molecule has 0 heterocycles. The van der Waals surface area contributed by atoms with Gasteiger partial charge in [-0.15, -0.1) is 24.0 Å². The predicted octanol–water partition coefficient (Wildman–Crippen LogP) is 2.46. The second-order valence-electron chi connectivity index (χ2n) is 4.01. The Kier molecular flexibility index (Phi) is 9.59. The molecular weight excluding hydrogens is 333 g/mol. The number of thioether (sulfide) groups is 1. The maximum Gasteiger partial charge on any atom is 0.191 e. The molecule has 1 saturated carbocycles. The first-order chi connectivity index (χ1) is 7.30. The molecule has 16 heavy (non-hydrogen) atoms. The van der Waals surface area contributed by atoms with E-state index in [0.29, 0.717) is 6.04 Å². The van der Waals surface area contributed by atoms with Gasteiger partial charge in [-0.2, -0.15) is 11.8 Å². The van der Waals surface area contributed by atoms with Crippen molar-refractivity contribution < 1.29 is 0 Å². The second kappa shape index (κ2) is 9.39. The van der Waals surface area contributed by atoms with E-state index in [1.165, 1.54) is 19.3 Å². The summed E-state index contributed by atoms with van der Waals surface area (Å²) in [4.78, 5) is 4.23. The van der Waals surface area contributed by atoms with Crippen LogP contribution in [0.4, 0.5) is 0 Å². The van der Waals surface area contributed by atoms with Crippen LogP contribution in [0.1, 0.15) is 32.6 Å². The van der Waals surface area contributed by atoms with E-state index in [1.807, 2.05) is 18.8 Å². The van der Waals surface area contributed by atoms with Crippen LogP contribution in [-0.4, -0.2) is 37.1 Å². The summed E-state index contributed by atoms with van der Waals surface area (Å²) in [5.41, 5.74) is 0. The zero-order valence-corrected chi connectivity index (χ0v) is 13.6. The van der Waals surface area contributed by atoms with E-state index in [2.05, 4.69) is 28.8 Å². The maximum absolute atomic E-state index is 4.23. The summed E-state index contributed by atoms with van der Waals surface area (Å²) >= 11 is 1.99. The highest BCUT2D eigenvalue weighted by Crippen LogP contribution is 2.27. The Hall–Kier alpha value is 0.350. The molecule has 0 saturated heterocycles. The Labute approximate surface area is 121 Å². The van der Waals surface area contributed by atoms with Gasteiger partial charge in [-0.25, -0.2) is 0 Å². The smallest absolute Gasteiger partial charge is 0.191 e. The molecule has 1 fully saturated rings. The summed E-state index contributed by atoms with van der Waals surface area (Å²) in [5.74, 6) is 0.962. The Bertz CT molecular complexity index is 211. The normalized spacial score (nSPS) is 25.1. The number of rotatable bonds is 4. The zero-order chi connectivity index (χ0) is 11.1. The molecule has 0 aromatic heterocycles. The standard InChI is InChI=1S/C11H23N3S.HI/c1-4-7-13-11(12-2)14-9-5-6-10(8-9)15-3;/h9-10H,4-8H2,1-3H3,(H2,12,13,14);1H. The molecule has 5 heteroatoms. The topological polar surface area (TPSA) is 36.4 Å². The lowest BCUT2D eigenvalue weighted by atomic mass is 10.2. The van der Waals surface area contributed by atoms with E-state index in [1.54, 1.807) is 0 Å². The van der Waals surface area contributed by atoms with Gasteiger partial charge in [-0.05, 0) is 31.9 Å². The molecule has 2 N–H and O–H groups in total. The molecule has 3 nitrogen and oxygen atoms in total. The molecule has 0 aliphatic heterocycles. The quantitative estimate of drug-likeness (QED) is 0.461. The van der Waals surface area contributed by atoms with E-state index in [4.69, 9.17) is 0 Å². The number of halogens is 1. The number of hydrogen-bond acceptors (Lipinski definition) is 2. The number of hydrogen-bond donors (Lipinski definition) is 2. The Morgan fingerprint density at radius 1 is 1.44 bits per heavy atom. The summed E-state index contributed by atoms with van der Waals surface area (Å²) in [6, 6.07) is 0.616. The molecule has 2 unspecified atom stereocenters. The van der Waals surface area contributed by atoms with Crippen molar-refractivity contribution in [2.45, 2.75) is 43.9 Å². The van der Waals surface area contributed by atoms with Gasteiger partial charge in [0, 0.05) is 24.9 Å². The molecule has 1 aliphatic carbocycles. The van der Waals surface area contributed by atoms with Crippen LogP contribution >= 0.6 is 35.7 Å². The lowest BCUT2D eigenvalue weighted by molar-refractivity contribution is 0.614. The van der Waals surface area contributed by atoms with Gasteiger partial charge in [0.1, 0.15) is 0 Å². The highest BCUT2D eigenvalue weighted by molar-refractivity contribution is 14.0. The third-order valence-corrected chi connectivity index (χ3v) is 3.92. The van der Waals surface area contributed by atoms with Crippen molar-refractivity contribution in [1.29, 1.82) is 0 Å². The first-order valence-electron chi connectivity index (χ1n) is 5.80. The van der Waals surface area contributed by atoms with Gasteiger partial charge in [-0.1, -0.05) is 6.92 Å². The van der Waals surface area contributed by atoms with E-state index in [9.17, 15) is 0 Å². The maximum atomic E-state index is 4.23. The zero-order valence-electron chi connectivity index (χ0n) is 10.5. The third kappa shape index (κ3) is 5.61. The fourth-order valence-corrected chi connectivity index (χ4v) is 2.71. The molecular formula is C11H24IN3S. The average Bonchev–Trinajstić information content (AvgIpc) is 2.71. The molecule has 0 spiro atoms. The van der Waals surface area contributed by atoms with Crippen LogP contribution < -0.4 is 10.6 Å². The van der Waals surface area contributed by atoms with Crippen molar-refractivity contribution in [1.82, 2.24) is 10.6 Å². The second-order valence-corrected chi connectivity index (χ2v) is 5.15. The summed E-state index contributed by atoms with van der Waals surface area (Å²) in [7, 11) is 1.84. The Balaban J connectivity index is 0.00000225. The molecule has 0 bridgehead atoms. The van der Waals surface area contributed by atoms with Crippen molar-refractivity contribution >= 4 is 41.7 Å². The van der Waals surface area contributed by atoms with Gasteiger partial charge in [0.25, 0.3) is 0 Å². The van der Waals surface area contributed by atoms with Crippen molar-refractivity contribution in [3.63, 3.8) is 0 Å². The molecule has 1 rings (SSSR count). The van der Waals surface area contributed by atoms with Gasteiger partial charge in [-0.3, -0.25) is 4.99 Å². The molecule has 0 aromatic carbocycles. The molecule has 0 radical (unpaired) electrons. The number of aliphatic imine (C=N–C) groups is 1. The van der Waals surface area contributed by atoms with E-state index < -0.39 is 0 Å². The van der Waals surface area contributed by atoms with Crippen molar-refractivity contribution in [3.8, 4) is 0 Å². The third-order valence-electron chi connectivity index (χ3n) is 2.82. The summed E-state index contributed by atoms with van der Waals surface area (Å²) in [6.07, 6.45) is 7.23. The highest BCUT2D eigenvalue weighted by Gasteiger charge is 2.24. The van der Waals surface area contributed by atoms with Crippen LogP contribution in [0.15, 0.2) is 4.99 Å². The Morgan fingerprint density at radius 3 is 2.69 bits per heavy atom. The summed E-state index contributed by atoms with van der Waals surface area (Å²) in [5, 5.41) is 7.64. The SMILES string of the molecule is CCCNC(=NC)NC1CCC(SC)C1.I. The lowest BCUT2D eigenvalue weighted by Gasteiger charge is -2.16. The highest BCUT2D eigenvalue weighted by atomic mass is 127. The van der Waals surface area contributed by atoms with Crippen LogP contribution in [-0.2, 0) is 0 Å². The van der Waals surface area contributed by atoms with E-state index in [0.717, 1.165) is 24.2 Å². The van der Waals surface area contributed by atoms with Crippen LogP contribution in [0.25, 0.3) is 0 Å². The fraction of sp³-hybridized carbons (Fsp3) is 0.909. The summed E-state index contributed by atoms with van der Waals surface area (Å²) < 4.78 is 0. The number of nitrogens with one attached hydrogen (secondary N) is 2. The lowest BCUT2D eigenvalue weighted by Crippen LogP contribution is -2.42. The van der Waals surface area contributed by atoms with Crippen LogP contribution in [0.5, 0.6) is 0 Å². The van der Waals surface area contributed by atoms with Crippen molar-refractivity contribution in [2.24, 2.45) is 4.99 Å². The Morgan fingerprint density at radius 2 is 2.19 bits per heavy atom. The number of guanidine groups is 1. The first-order valence-corrected chi connectivity index (χ1v) is 7.09. The van der Waals surface area contributed by atoms with Crippen LogP contribution in [0, 0.1) is 0 Å². The predicted molar refractivity (Wildman–Crippen MR) is 85.1 cm³/mol. The number of nitrogens with zero attached hydrogens (tertiary/aromatic N) is 1. The molecule has 2 atom stereocenters. The molecule has 96 valence electrons. The largest absolute Gasteiger partial charge is 0.356 e. The average molecular weight is 357 g/mol. The molecule has 0 aromatic rings. The molecule has 1 aliphatic rings. The van der Waals surface area contributed by atoms with Crippen molar-refractivity contribution in [3.05, 3.63) is 0 Å². The minimum absolute atomic E-state index is 0. The fourth-order valence-electron chi connectivity index (χ4n) is 1.92. The van der Waals surface area contributed by atoms with Gasteiger partial charge < -0.3 is 10.6 Å². The van der Waals surface area contributed by atoms with E-state index in [-0.39, 0.29) is 24.0 Å². The summed E-state index contributed by atoms with van der Waals surface area (Å²) in [6.45, 7) is 3.16. The van der Waals surface area contributed by atoms with Crippen LogP contribution in [0.3, 0.4) is 0 Å². The van der Waals surface area contributed by atoms with Gasteiger partial charge in [0.2, 0.25) is 0 Å².